The van der Waals surface area contributed by atoms with Crippen molar-refractivity contribution in [1.82, 2.24) is 10.2 Å². The van der Waals surface area contributed by atoms with E-state index in [1.165, 1.54) is 45.2 Å². The second-order valence-corrected chi connectivity index (χ2v) is 8.46. The smallest absolute Gasteiger partial charge is 0.0108 e. The van der Waals surface area contributed by atoms with Crippen molar-refractivity contribution in [2.45, 2.75) is 65.8 Å². The van der Waals surface area contributed by atoms with E-state index in [9.17, 15) is 0 Å². The molecule has 3 atom stereocenters. The van der Waals surface area contributed by atoms with Crippen LogP contribution in [0.3, 0.4) is 0 Å². The lowest BCUT2D eigenvalue weighted by Crippen LogP contribution is -2.47. The van der Waals surface area contributed by atoms with E-state index in [0.29, 0.717) is 5.41 Å². The third-order valence-corrected chi connectivity index (χ3v) is 5.49. The summed E-state index contributed by atoms with van der Waals surface area (Å²) in [4.78, 5) is 2.61. The number of rotatable bonds is 6. The first-order valence-corrected chi connectivity index (χ1v) is 8.82. The fourth-order valence-electron chi connectivity index (χ4n) is 4.00. The van der Waals surface area contributed by atoms with Gasteiger partial charge < -0.3 is 10.2 Å². The van der Waals surface area contributed by atoms with Gasteiger partial charge >= 0.3 is 0 Å². The Labute approximate surface area is 126 Å². The summed E-state index contributed by atoms with van der Waals surface area (Å²) >= 11 is 0. The molecule has 0 saturated heterocycles. The van der Waals surface area contributed by atoms with Gasteiger partial charge in [-0.3, -0.25) is 0 Å². The summed E-state index contributed by atoms with van der Waals surface area (Å²) in [5.41, 5.74) is 0.477. The average molecular weight is 281 g/mol. The molecule has 118 valence electrons. The van der Waals surface area contributed by atoms with Crippen molar-refractivity contribution in [3.8, 4) is 0 Å². The maximum Gasteiger partial charge on any atom is 0.0108 e. The van der Waals surface area contributed by atoms with Gasteiger partial charge in [0.05, 0.1) is 0 Å². The lowest BCUT2D eigenvalue weighted by atomic mass is 9.67. The van der Waals surface area contributed by atoms with E-state index in [1.54, 1.807) is 0 Å². The van der Waals surface area contributed by atoms with Crippen molar-refractivity contribution in [3.63, 3.8) is 0 Å². The molecule has 2 saturated carbocycles. The highest BCUT2D eigenvalue weighted by molar-refractivity contribution is 4.90. The van der Waals surface area contributed by atoms with Gasteiger partial charge in [-0.1, -0.05) is 27.7 Å². The molecule has 2 rings (SSSR count). The van der Waals surface area contributed by atoms with Gasteiger partial charge in [-0.15, -0.1) is 0 Å². The van der Waals surface area contributed by atoms with Crippen LogP contribution in [-0.2, 0) is 0 Å². The third-order valence-electron chi connectivity index (χ3n) is 5.49. The van der Waals surface area contributed by atoms with E-state index in [1.807, 2.05) is 0 Å². The van der Waals surface area contributed by atoms with Gasteiger partial charge in [0, 0.05) is 19.1 Å². The van der Waals surface area contributed by atoms with Crippen LogP contribution in [0, 0.1) is 23.2 Å². The Hall–Kier alpha value is -0.0800. The monoisotopic (exact) mass is 280 g/mol. The Morgan fingerprint density at radius 1 is 1.05 bits per heavy atom. The average Bonchev–Trinajstić information content (AvgIpc) is 3.14. The molecule has 2 aliphatic carbocycles. The zero-order valence-corrected chi connectivity index (χ0v) is 14.4. The van der Waals surface area contributed by atoms with E-state index in [4.69, 9.17) is 0 Å². The molecule has 0 aromatic heterocycles. The highest BCUT2D eigenvalue weighted by Crippen LogP contribution is 2.40. The normalized spacial score (nSPS) is 31.8. The molecule has 3 unspecified atom stereocenters. The molecular formula is C18H36N2. The number of hydrogen-bond acceptors (Lipinski definition) is 2. The Morgan fingerprint density at radius 3 is 2.30 bits per heavy atom. The number of nitrogens with zero attached hydrogens (tertiary/aromatic N) is 1. The Bertz CT molecular complexity index is 290. The van der Waals surface area contributed by atoms with Crippen LogP contribution in [-0.4, -0.2) is 37.6 Å². The summed E-state index contributed by atoms with van der Waals surface area (Å²) in [6.07, 6.45) is 7.13. The number of nitrogens with one attached hydrogen (secondary N) is 1. The largest absolute Gasteiger partial charge is 0.314 e. The molecule has 2 aliphatic rings. The minimum absolute atomic E-state index is 0.477. The maximum atomic E-state index is 3.75. The lowest BCUT2D eigenvalue weighted by molar-refractivity contribution is 0.0930. The van der Waals surface area contributed by atoms with E-state index in [0.717, 1.165) is 30.3 Å². The minimum atomic E-state index is 0.477. The van der Waals surface area contributed by atoms with Crippen LogP contribution < -0.4 is 5.32 Å². The molecule has 0 aromatic carbocycles. The molecular weight excluding hydrogens is 244 g/mol. The van der Waals surface area contributed by atoms with Gasteiger partial charge in [-0.25, -0.2) is 0 Å². The fourth-order valence-corrected chi connectivity index (χ4v) is 4.00. The van der Waals surface area contributed by atoms with E-state index >= 15 is 0 Å². The summed E-state index contributed by atoms with van der Waals surface area (Å²) in [7, 11) is 2.34. The molecule has 0 aliphatic heterocycles. The molecule has 0 heterocycles. The molecule has 0 amide bonds. The second kappa shape index (κ2) is 6.79. The van der Waals surface area contributed by atoms with Crippen LogP contribution in [0.1, 0.15) is 59.8 Å². The number of hydrogen-bond donors (Lipinski definition) is 1. The Kier molecular flexibility index (Phi) is 5.53. The predicted molar refractivity (Wildman–Crippen MR) is 88.0 cm³/mol. The first-order valence-electron chi connectivity index (χ1n) is 8.82. The van der Waals surface area contributed by atoms with Crippen molar-refractivity contribution in [2.75, 3.05) is 26.7 Å². The van der Waals surface area contributed by atoms with Crippen LogP contribution in [0.2, 0.25) is 0 Å². The third kappa shape index (κ3) is 4.73. The Morgan fingerprint density at radius 2 is 1.75 bits per heavy atom. The van der Waals surface area contributed by atoms with Crippen molar-refractivity contribution in [3.05, 3.63) is 0 Å². The fraction of sp³-hybridized carbons (Fsp3) is 1.00. The predicted octanol–water partition coefficient (Wildman–Crippen LogP) is 3.77. The molecule has 0 aromatic rings. The highest BCUT2D eigenvalue weighted by atomic mass is 15.1. The van der Waals surface area contributed by atoms with Gasteiger partial charge in [0.1, 0.15) is 0 Å². The standard InChI is InChI=1S/C18H36N2/c1-6-19-17-10-9-16(18(2,3)4)11-15(17)13-20(5)12-14-7-8-14/h14-17,19H,6-13H2,1-5H3. The molecule has 2 heteroatoms. The van der Waals surface area contributed by atoms with Gasteiger partial charge in [-0.05, 0) is 68.9 Å². The van der Waals surface area contributed by atoms with Gasteiger partial charge in [-0.2, -0.15) is 0 Å². The van der Waals surface area contributed by atoms with E-state index in [2.05, 4.69) is 45.0 Å². The summed E-state index contributed by atoms with van der Waals surface area (Å²) < 4.78 is 0. The van der Waals surface area contributed by atoms with E-state index < -0.39 is 0 Å². The topological polar surface area (TPSA) is 15.3 Å². The molecule has 20 heavy (non-hydrogen) atoms. The summed E-state index contributed by atoms with van der Waals surface area (Å²) in [6.45, 7) is 13.3. The summed E-state index contributed by atoms with van der Waals surface area (Å²) in [5.74, 6) is 2.76. The lowest BCUT2D eigenvalue weighted by Gasteiger charge is -2.43. The zero-order chi connectivity index (χ0) is 14.8. The van der Waals surface area contributed by atoms with Crippen molar-refractivity contribution in [2.24, 2.45) is 23.2 Å². The van der Waals surface area contributed by atoms with Crippen LogP contribution >= 0.6 is 0 Å². The zero-order valence-electron chi connectivity index (χ0n) is 14.4. The first kappa shape index (κ1) is 16.3. The van der Waals surface area contributed by atoms with Crippen LogP contribution in [0.25, 0.3) is 0 Å². The Balaban J connectivity index is 1.90. The van der Waals surface area contributed by atoms with Gasteiger partial charge in [0.2, 0.25) is 0 Å². The molecule has 2 fully saturated rings. The molecule has 0 bridgehead atoms. The first-order chi connectivity index (χ1) is 9.40. The molecule has 1 N–H and O–H groups in total. The molecule has 0 radical (unpaired) electrons. The quantitative estimate of drug-likeness (QED) is 0.797. The maximum absolute atomic E-state index is 3.75. The van der Waals surface area contributed by atoms with E-state index in [-0.39, 0.29) is 0 Å². The van der Waals surface area contributed by atoms with Crippen LogP contribution in [0.4, 0.5) is 0 Å². The molecule has 2 nitrogen and oxygen atoms in total. The van der Waals surface area contributed by atoms with Crippen molar-refractivity contribution >= 4 is 0 Å². The van der Waals surface area contributed by atoms with Crippen molar-refractivity contribution in [1.29, 1.82) is 0 Å². The molecule has 0 spiro atoms. The SMILES string of the molecule is CCNC1CCC(C(C)(C)C)CC1CN(C)CC1CC1. The van der Waals surface area contributed by atoms with Gasteiger partial charge in [0.25, 0.3) is 0 Å². The van der Waals surface area contributed by atoms with Crippen LogP contribution in [0.15, 0.2) is 0 Å². The highest BCUT2D eigenvalue weighted by Gasteiger charge is 2.36. The summed E-state index contributed by atoms with van der Waals surface area (Å²) in [5, 5.41) is 3.75. The van der Waals surface area contributed by atoms with Crippen LogP contribution in [0.5, 0.6) is 0 Å². The summed E-state index contributed by atoms with van der Waals surface area (Å²) in [6, 6.07) is 0.750. The minimum Gasteiger partial charge on any atom is -0.314 e. The second-order valence-electron chi connectivity index (χ2n) is 8.46. The van der Waals surface area contributed by atoms with Crippen molar-refractivity contribution < 1.29 is 0 Å². The van der Waals surface area contributed by atoms with Gasteiger partial charge in [0.15, 0.2) is 0 Å².